The molecule has 12 heteroatoms. The van der Waals surface area contributed by atoms with Crippen molar-refractivity contribution in [3.63, 3.8) is 0 Å². The zero-order valence-electron chi connectivity index (χ0n) is 35.0. The molecular formula is C45H76NO10P. The van der Waals surface area contributed by atoms with E-state index in [-0.39, 0.29) is 32.6 Å². The second-order valence-electron chi connectivity index (χ2n) is 13.9. The molecule has 0 aromatic carbocycles. The van der Waals surface area contributed by atoms with Gasteiger partial charge in [-0.05, 0) is 64.2 Å². The first kappa shape index (κ1) is 54.1. The Kier molecular flexibility index (Phi) is 37.9. The molecule has 0 aliphatic heterocycles. The lowest BCUT2D eigenvalue weighted by atomic mass is 10.1. The van der Waals surface area contributed by atoms with Crippen molar-refractivity contribution in [2.24, 2.45) is 5.73 Å². The second kappa shape index (κ2) is 39.9. The van der Waals surface area contributed by atoms with Crippen LogP contribution in [0.4, 0.5) is 0 Å². The van der Waals surface area contributed by atoms with Crippen LogP contribution in [0.15, 0.2) is 85.1 Å². The normalized spacial score (nSPS) is 15.3. The number of esters is 2. The van der Waals surface area contributed by atoms with Crippen molar-refractivity contribution < 1.29 is 47.8 Å². The highest BCUT2D eigenvalue weighted by Gasteiger charge is 2.26. The molecule has 0 aliphatic carbocycles. The van der Waals surface area contributed by atoms with Gasteiger partial charge in [0.25, 0.3) is 0 Å². The minimum atomic E-state index is -4.45. The van der Waals surface area contributed by atoms with E-state index in [0.717, 1.165) is 44.9 Å². The Morgan fingerprint density at radius 3 is 1.77 bits per heavy atom. The molecule has 57 heavy (non-hydrogen) atoms. The zero-order chi connectivity index (χ0) is 42.1. The number of carbonyl (C=O) groups is 2. The number of allylic oxidation sites excluding steroid dienone is 12. The van der Waals surface area contributed by atoms with Gasteiger partial charge in [-0.2, -0.15) is 0 Å². The van der Waals surface area contributed by atoms with Crippen LogP contribution < -0.4 is 5.73 Å². The van der Waals surface area contributed by atoms with E-state index in [2.05, 4.69) is 44.2 Å². The van der Waals surface area contributed by atoms with E-state index < -0.39 is 44.7 Å². The second-order valence-corrected chi connectivity index (χ2v) is 15.4. The molecule has 1 unspecified atom stereocenters. The van der Waals surface area contributed by atoms with Gasteiger partial charge >= 0.3 is 19.8 Å². The number of phosphoric acid groups is 1. The standard InChI is InChI=1S/C45H76NO10P/c1-3-5-7-8-9-10-11-12-13-14-15-16-17-18-22-25-29-35-45(50)56-43(40-55-57(51,52)54-38-37-46)39-53-44(49)36-30-34-42(48)33-28-24-21-19-20-23-27-32-41(47)31-26-6-4-2/h12-13,15-16,18,20-24,27-28,32-33,41-43,47-48H,3-11,14,17,19,25-26,29-31,34-40,46H2,1-2H3,(H,51,52)/b13-12-,16-15-,22-18-,23-20-,24-21-,32-27+,33-28+/t41-,42-,43+/m0/s1. The molecule has 0 heterocycles. The molecule has 0 rings (SSSR count). The van der Waals surface area contributed by atoms with Crippen LogP contribution in [-0.4, -0.2) is 71.7 Å². The fourth-order valence-corrected chi connectivity index (χ4v) is 5.98. The average molecular weight is 822 g/mol. The van der Waals surface area contributed by atoms with Gasteiger partial charge in [0.1, 0.15) is 6.61 Å². The van der Waals surface area contributed by atoms with E-state index in [9.17, 15) is 29.3 Å². The summed E-state index contributed by atoms with van der Waals surface area (Å²) in [7, 11) is -4.45. The minimum absolute atomic E-state index is 0.00853. The van der Waals surface area contributed by atoms with Crippen molar-refractivity contribution in [3.05, 3.63) is 85.1 Å². The van der Waals surface area contributed by atoms with Crippen molar-refractivity contribution in [1.82, 2.24) is 0 Å². The fourth-order valence-electron chi connectivity index (χ4n) is 5.22. The van der Waals surface area contributed by atoms with Crippen LogP contribution in [0.2, 0.25) is 0 Å². The van der Waals surface area contributed by atoms with Crippen molar-refractivity contribution >= 4 is 19.8 Å². The van der Waals surface area contributed by atoms with Gasteiger partial charge in [-0.25, -0.2) is 4.57 Å². The number of hydrogen-bond acceptors (Lipinski definition) is 10. The Labute approximate surface area is 344 Å². The Morgan fingerprint density at radius 2 is 1.14 bits per heavy atom. The monoisotopic (exact) mass is 822 g/mol. The Balaban J connectivity index is 4.51. The van der Waals surface area contributed by atoms with Crippen LogP contribution in [0.25, 0.3) is 0 Å². The number of aliphatic hydroxyl groups excluding tert-OH is 2. The largest absolute Gasteiger partial charge is 0.472 e. The van der Waals surface area contributed by atoms with Crippen molar-refractivity contribution in [2.75, 3.05) is 26.4 Å². The molecule has 5 N–H and O–H groups in total. The maximum Gasteiger partial charge on any atom is 0.472 e. The van der Waals surface area contributed by atoms with Crippen LogP contribution in [0.1, 0.15) is 142 Å². The summed E-state index contributed by atoms with van der Waals surface area (Å²) in [5, 5.41) is 20.1. The predicted molar refractivity (Wildman–Crippen MR) is 231 cm³/mol. The molecule has 0 fully saturated rings. The van der Waals surface area contributed by atoms with Gasteiger partial charge in [0.05, 0.1) is 25.4 Å². The smallest absolute Gasteiger partial charge is 0.462 e. The first-order valence-electron chi connectivity index (χ1n) is 21.3. The molecule has 11 nitrogen and oxygen atoms in total. The van der Waals surface area contributed by atoms with Crippen molar-refractivity contribution in [2.45, 2.75) is 161 Å². The highest BCUT2D eigenvalue weighted by Crippen LogP contribution is 2.43. The number of ether oxygens (including phenoxy) is 2. The Morgan fingerprint density at radius 1 is 0.614 bits per heavy atom. The fraction of sp³-hybridized carbons (Fsp3) is 0.644. The minimum Gasteiger partial charge on any atom is -0.462 e. The molecule has 0 radical (unpaired) electrons. The summed E-state index contributed by atoms with van der Waals surface area (Å²) < 4.78 is 32.5. The summed E-state index contributed by atoms with van der Waals surface area (Å²) in [6, 6.07) is 0. The highest BCUT2D eigenvalue weighted by molar-refractivity contribution is 7.47. The van der Waals surface area contributed by atoms with E-state index in [4.69, 9.17) is 24.3 Å². The topological polar surface area (TPSA) is 175 Å². The third kappa shape index (κ3) is 39.7. The van der Waals surface area contributed by atoms with E-state index in [1.54, 1.807) is 18.2 Å². The third-order valence-electron chi connectivity index (χ3n) is 8.46. The predicted octanol–water partition coefficient (Wildman–Crippen LogP) is 9.99. The first-order valence-corrected chi connectivity index (χ1v) is 22.8. The Hall–Kier alpha value is -2.89. The van der Waals surface area contributed by atoms with Gasteiger partial charge in [0, 0.05) is 19.4 Å². The van der Waals surface area contributed by atoms with Crippen molar-refractivity contribution in [3.8, 4) is 0 Å². The maximum absolute atomic E-state index is 12.6. The quantitative estimate of drug-likeness (QED) is 0.0153. The van der Waals surface area contributed by atoms with Gasteiger partial charge in [0.2, 0.25) is 0 Å². The van der Waals surface area contributed by atoms with Crippen LogP contribution >= 0.6 is 7.82 Å². The molecule has 0 saturated carbocycles. The molecule has 0 bridgehead atoms. The number of nitrogens with two attached hydrogens (primary N) is 1. The molecule has 4 atom stereocenters. The van der Waals surface area contributed by atoms with E-state index >= 15 is 0 Å². The lowest BCUT2D eigenvalue weighted by Gasteiger charge is -2.19. The van der Waals surface area contributed by atoms with Crippen LogP contribution in [-0.2, 0) is 32.7 Å². The molecule has 326 valence electrons. The molecule has 0 aliphatic rings. The van der Waals surface area contributed by atoms with E-state index in [1.165, 1.54) is 38.5 Å². The zero-order valence-corrected chi connectivity index (χ0v) is 35.9. The lowest BCUT2D eigenvalue weighted by Crippen LogP contribution is -2.29. The van der Waals surface area contributed by atoms with Crippen LogP contribution in [0.3, 0.4) is 0 Å². The van der Waals surface area contributed by atoms with Gasteiger partial charge < -0.3 is 30.3 Å². The maximum atomic E-state index is 12.6. The number of aliphatic hydroxyl groups is 2. The van der Waals surface area contributed by atoms with E-state index in [0.29, 0.717) is 32.1 Å². The summed E-state index contributed by atoms with van der Waals surface area (Å²) in [5.41, 5.74) is 5.33. The summed E-state index contributed by atoms with van der Waals surface area (Å²) >= 11 is 0. The third-order valence-corrected chi connectivity index (χ3v) is 9.45. The molecule has 0 aromatic rings. The molecule has 0 amide bonds. The van der Waals surface area contributed by atoms with Crippen molar-refractivity contribution in [1.29, 1.82) is 0 Å². The first-order chi connectivity index (χ1) is 27.6. The highest BCUT2D eigenvalue weighted by atomic mass is 31.2. The van der Waals surface area contributed by atoms with Gasteiger partial charge in [-0.1, -0.05) is 150 Å². The summed E-state index contributed by atoms with van der Waals surface area (Å²) in [6.07, 6.45) is 42.7. The van der Waals surface area contributed by atoms with Gasteiger partial charge in [-0.3, -0.25) is 18.6 Å². The molecule has 0 aromatic heterocycles. The molecule has 0 saturated heterocycles. The number of unbranched alkanes of at least 4 members (excludes halogenated alkanes) is 9. The van der Waals surface area contributed by atoms with E-state index in [1.807, 2.05) is 36.5 Å². The van der Waals surface area contributed by atoms with Gasteiger partial charge in [0.15, 0.2) is 6.10 Å². The number of hydrogen-bond donors (Lipinski definition) is 4. The van der Waals surface area contributed by atoms with Crippen LogP contribution in [0.5, 0.6) is 0 Å². The van der Waals surface area contributed by atoms with Crippen LogP contribution in [0, 0.1) is 0 Å². The van der Waals surface area contributed by atoms with Gasteiger partial charge in [-0.15, -0.1) is 0 Å². The SMILES string of the molecule is CCCCCCCC/C=C\C/C=C\C/C=C\CCCC(=O)O[C@H](COC(=O)CCC[C@@H](O)/C=C/C=C\C/C=C\C=C\[C@@H](O)CCCCC)COP(=O)(O)OCCN. The molecule has 0 spiro atoms. The average Bonchev–Trinajstić information content (AvgIpc) is 3.18. The summed E-state index contributed by atoms with van der Waals surface area (Å²) in [5.74, 6) is -1.13. The number of rotatable bonds is 38. The number of carbonyl (C=O) groups excluding carboxylic acids is 2. The summed E-state index contributed by atoms with van der Waals surface area (Å²) in [4.78, 5) is 34.8. The number of phosphoric ester groups is 1. The summed E-state index contributed by atoms with van der Waals surface area (Å²) in [6.45, 7) is 3.28. The molecular weight excluding hydrogens is 745 g/mol. The lowest BCUT2D eigenvalue weighted by molar-refractivity contribution is -0.161. The Bertz CT molecular complexity index is 1240.